The van der Waals surface area contributed by atoms with Crippen molar-refractivity contribution in [3.8, 4) is 0 Å². The molecule has 1 saturated heterocycles. The van der Waals surface area contributed by atoms with E-state index in [-0.39, 0.29) is 24.3 Å². The standard InChI is InChI=1S/C10H11BrFNO.C7H6BrFO/c11-8-2-1-7(10(12)3-8)4-13-5-9(14)6-13;8-6-2-1-5(4-10)7(9)3-6/h1-3,9,14H,4-6H2;1-3,10H,4H2. The van der Waals surface area contributed by atoms with E-state index in [1.807, 2.05) is 11.0 Å². The van der Waals surface area contributed by atoms with Gasteiger partial charge in [-0.3, -0.25) is 4.90 Å². The molecule has 1 heterocycles. The number of rotatable bonds is 3. The molecule has 0 atom stereocenters. The maximum Gasteiger partial charge on any atom is 0.129 e. The largest absolute Gasteiger partial charge is 0.392 e. The highest BCUT2D eigenvalue weighted by Crippen LogP contribution is 2.19. The van der Waals surface area contributed by atoms with Crippen molar-refractivity contribution in [2.45, 2.75) is 19.3 Å². The zero-order valence-electron chi connectivity index (χ0n) is 12.7. The first-order chi connectivity index (χ1) is 11.4. The molecule has 130 valence electrons. The van der Waals surface area contributed by atoms with Crippen LogP contribution in [0.3, 0.4) is 0 Å². The number of aliphatic hydroxyl groups is 2. The minimum atomic E-state index is -0.378. The molecule has 1 fully saturated rings. The van der Waals surface area contributed by atoms with Gasteiger partial charge in [-0.15, -0.1) is 0 Å². The van der Waals surface area contributed by atoms with Gasteiger partial charge in [-0.2, -0.15) is 0 Å². The summed E-state index contributed by atoms with van der Waals surface area (Å²) in [6.07, 6.45) is -0.228. The van der Waals surface area contributed by atoms with E-state index in [4.69, 9.17) is 10.2 Å². The molecule has 0 aliphatic carbocycles. The average Bonchev–Trinajstić information content (AvgIpc) is 2.49. The molecule has 3 nitrogen and oxygen atoms in total. The Morgan fingerprint density at radius 3 is 1.88 bits per heavy atom. The number of likely N-dealkylation sites (tertiary alicyclic amines) is 1. The third-order valence-corrected chi connectivity index (χ3v) is 4.52. The van der Waals surface area contributed by atoms with Gasteiger partial charge in [-0.1, -0.05) is 44.0 Å². The normalized spacial score (nSPS) is 14.8. The van der Waals surface area contributed by atoms with E-state index >= 15 is 0 Å². The highest BCUT2D eigenvalue weighted by Gasteiger charge is 2.24. The van der Waals surface area contributed by atoms with Crippen molar-refractivity contribution >= 4 is 31.9 Å². The van der Waals surface area contributed by atoms with Gasteiger partial charge < -0.3 is 10.2 Å². The Labute approximate surface area is 156 Å². The first-order valence-electron chi connectivity index (χ1n) is 7.28. The van der Waals surface area contributed by atoms with Crippen molar-refractivity contribution in [2.24, 2.45) is 0 Å². The minimum absolute atomic E-state index is 0.194. The van der Waals surface area contributed by atoms with Crippen LogP contribution in [0.5, 0.6) is 0 Å². The summed E-state index contributed by atoms with van der Waals surface area (Å²) in [5.41, 5.74) is 1.00. The number of hydrogen-bond donors (Lipinski definition) is 2. The van der Waals surface area contributed by atoms with Gasteiger partial charge in [0, 0.05) is 39.7 Å². The Morgan fingerprint density at radius 2 is 1.46 bits per heavy atom. The lowest BCUT2D eigenvalue weighted by atomic mass is 10.1. The fraction of sp³-hybridized carbons (Fsp3) is 0.294. The molecule has 0 radical (unpaired) electrons. The van der Waals surface area contributed by atoms with Gasteiger partial charge in [-0.25, -0.2) is 8.78 Å². The van der Waals surface area contributed by atoms with Gasteiger partial charge in [0.2, 0.25) is 0 Å². The van der Waals surface area contributed by atoms with Gasteiger partial charge in [0.25, 0.3) is 0 Å². The smallest absolute Gasteiger partial charge is 0.129 e. The van der Waals surface area contributed by atoms with Crippen LogP contribution < -0.4 is 0 Å². The predicted octanol–water partition coefficient (Wildman–Crippen LogP) is 3.85. The lowest BCUT2D eigenvalue weighted by Gasteiger charge is -2.35. The fourth-order valence-corrected chi connectivity index (χ4v) is 2.88. The molecule has 0 spiro atoms. The van der Waals surface area contributed by atoms with E-state index in [1.54, 1.807) is 18.2 Å². The third-order valence-electron chi connectivity index (χ3n) is 3.53. The van der Waals surface area contributed by atoms with Gasteiger partial charge in [0.1, 0.15) is 11.6 Å². The molecule has 1 aliphatic rings. The molecule has 2 N–H and O–H groups in total. The first kappa shape index (κ1) is 19.5. The lowest BCUT2D eigenvalue weighted by Crippen LogP contribution is -2.49. The summed E-state index contributed by atoms with van der Waals surface area (Å²) in [5.74, 6) is -0.572. The molecule has 2 aromatic rings. The summed E-state index contributed by atoms with van der Waals surface area (Å²) in [7, 11) is 0. The Bertz CT molecular complexity index is 694. The second-order valence-corrected chi connectivity index (χ2v) is 7.31. The maximum absolute atomic E-state index is 13.3. The maximum atomic E-state index is 13.3. The van der Waals surface area contributed by atoms with Crippen LogP contribution in [0.15, 0.2) is 45.3 Å². The summed E-state index contributed by atoms with van der Waals surface area (Å²) in [4.78, 5) is 2.01. The molecule has 3 rings (SSSR count). The van der Waals surface area contributed by atoms with Crippen molar-refractivity contribution in [1.82, 2.24) is 4.90 Å². The number of halogens is 4. The monoisotopic (exact) mass is 463 g/mol. The topological polar surface area (TPSA) is 43.7 Å². The SMILES string of the molecule is OC1CN(Cc2ccc(Br)cc2F)C1.OCc1ccc(Br)cc1F. The van der Waals surface area contributed by atoms with E-state index in [0.717, 1.165) is 4.47 Å². The van der Waals surface area contributed by atoms with Crippen molar-refractivity contribution in [2.75, 3.05) is 13.1 Å². The van der Waals surface area contributed by atoms with Crippen LogP contribution >= 0.6 is 31.9 Å². The number of aliphatic hydroxyl groups excluding tert-OH is 2. The number of hydrogen-bond acceptors (Lipinski definition) is 3. The highest BCUT2D eigenvalue weighted by molar-refractivity contribution is 9.10. The van der Waals surface area contributed by atoms with Crippen molar-refractivity contribution in [3.05, 3.63) is 68.1 Å². The third kappa shape index (κ3) is 5.60. The summed E-state index contributed by atoms with van der Waals surface area (Å²) in [5, 5.41) is 17.6. The first-order valence-corrected chi connectivity index (χ1v) is 8.86. The Hall–Kier alpha value is -0.860. The second kappa shape index (κ2) is 9.01. The molecule has 24 heavy (non-hydrogen) atoms. The molecule has 0 saturated carbocycles. The molecule has 0 amide bonds. The number of nitrogens with zero attached hydrogens (tertiary/aromatic N) is 1. The molecular weight excluding hydrogens is 448 g/mol. The molecular formula is C17H17Br2F2NO2. The average molecular weight is 465 g/mol. The molecule has 0 aromatic heterocycles. The van der Waals surface area contributed by atoms with Crippen LogP contribution in [0, 0.1) is 11.6 Å². The Kier molecular flexibility index (Phi) is 7.31. The van der Waals surface area contributed by atoms with Crippen LogP contribution in [0.1, 0.15) is 11.1 Å². The van der Waals surface area contributed by atoms with E-state index in [2.05, 4.69) is 31.9 Å². The van der Waals surface area contributed by atoms with Gasteiger partial charge >= 0.3 is 0 Å². The van der Waals surface area contributed by atoms with E-state index in [0.29, 0.717) is 35.2 Å². The van der Waals surface area contributed by atoms with Crippen LogP contribution in [-0.4, -0.2) is 34.3 Å². The highest BCUT2D eigenvalue weighted by atomic mass is 79.9. The fourth-order valence-electron chi connectivity index (χ4n) is 2.21. The van der Waals surface area contributed by atoms with E-state index in [1.165, 1.54) is 12.1 Å². The molecule has 2 aromatic carbocycles. The molecule has 1 aliphatic heterocycles. The van der Waals surface area contributed by atoms with E-state index in [9.17, 15) is 8.78 Å². The van der Waals surface area contributed by atoms with Crippen molar-refractivity contribution in [1.29, 1.82) is 0 Å². The molecule has 0 bridgehead atoms. The van der Waals surface area contributed by atoms with Crippen molar-refractivity contribution < 1.29 is 19.0 Å². The number of benzene rings is 2. The molecule has 0 unspecified atom stereocenters. The van der Waals surface area contributed by atoms with Crippen LogP contribution in [-0.2, 0) is 13.2 Å². The van der Waals surface area contributed by atoms with Gasteiger partial charge in [0.15, 0.2) is 0 Å². The zero-order valence-corrected chi connectivity index (χ0v) is 15.9. The van der Waals surface area contributed by atoms with Gasteiger partial charge in [-0.05, 0) is 24.3 Å². The van der Waals surface area contributed by atoms with Crippen LogP contribution in [0.25, 0.3) is 0 Å². The second-order valence-electron chi connectivity index (χ2n) is 5.48. The zero-order chi connectivity index (χ0) is 17.7. The van der Waals surface area contributed by atoms with Crippen LogP contribution in [0.4, 0.5) is 8.78 Å². The van der Waals surface area contributed by atoms with Crippen LogP contribution in [0.2, 0.25) is 0 Å². The van der Waals surface area contributed by atoms with Crippen molar-refractivity contribution in [3.63, 3.8) is 0 Å². The molecule has 7 heteroatoms. The van der Waals surface area contributed by atoms with E-state index < -0.39 is 0 Å². The number of β-amino-alcohol motifs (C(OH)–C–C–N with tert-alkyl or cyclic N) is 1. The summed E-state index contributed by atoms with van der Waals surface area (Å²) >= 11 is 6.31. The summed E-state index contributed by atoms with van der Waals surface area (Å²) in [6, 6.07) is 9.61. The van der Waals surface area contributed by atoms with Gasteiger partial charge in [0.05, 0.1) is 12.7 Å². The Balaban J connectivity index is 0.000000185. The quantitative estimate of drug-likeness (QED) is 0.725. The predicted molar refractivity (Wildman–Crippen MR) is 95.4 cm³/mol. The summed E-state index contributed by atoms with van der Waals surface area (Å²) < 4.78 is 27.4. The lowest BCUT2D eigenvalue weighted by molar-refractivity contribution is -0.00342. The minimum Gasteiger partial charge on any atom is -0.392 e. The summed E-state index contributed by atoms with van der Waals surface area (Å²) in [6.45, 7) is 1.63. The Morgan fingerprint density at radius 1 is 0.958 bits per heavy atom.